The van der Waals surface area contributed by atoms with Crippen molar-refractivity contribution in [3.63, 3.8) is 0 Å². The molecule has 0 spiro atoms. The average Bonchev–Trinajstić information content (AvgIpc) is 2.50. The van der Waals surface area contributed by atoms with Crippen LogP contribution in [0, 0.1) is 0 Å². The maximum absolute atomic E-state index is 12.7. The highest BCUT2D eigenvalue weighted by Gasteiger charge is 2.70. The van der Waals surface area contributed by atoms with Crippen molar-refractivity contribution in [2.75, 3.05) is 6.54 Å². The quantitative estimate of drug-likeness (QED) is 0.717. The van der Waals surface area contributed by atoms with E-state index in [1.165, 1.54) is 0 Å². The molecule has 1 aliphatic heterocycles. The number of rotatable bonds is 5. The summed E-state index contributed by atoms with van der Waals surface area (Å²) in [6.07, 6.45) is 0.697. The van der Waals surface area contributed by atoms with E-state index < -0.39 is 25.6 Å². The molecule has 1 amide bonds. The van der Waals surface area contributed by atoms with Crippen molar-refractivity contribution < 1.29 is 13.2 Å². The first-order chi connectivity index (χ1) is 8.35. The van der Waals surface area contributed by atoms with Gasteiger partial charge in [-0.3, -0.25) is 4.79 Å². The fraction of sp³-hybridized carbons (Fsp3) is 0.889. The molecule has 9 heteroatoms. The Hall–Kier alpha value is 0.460. The van der Waals surface area contributed by atoms with Crippen LogP contribution in [0.1, 0.15) is 33.6 Å². The first kappa shape index (κ1) is 16.5. The topological polar surface area (TPSA) is 54.5 Å². The Morgan fingerprint density at radius 3 is 1.83 bits per heavy atom. The molecule has 1 saturated heterocycles. The number of carbonyl (C=O) groups is 1. The lowest BCUT2D eigenvalue weighted by atomic mass is 9.96. The molecule has 1 rings (SSSR count). The Kier molecular flexibility index (Phi) is 5.00. The maximum atomic E-state index is 12.7. The second-order valence-corrected chi connectivity index (χ2v) is 9.36. The van der Waals surface area contributed by atoms with Gasteiger partial charge in [0, 0.05) is 21.3 Å². The van der Waals surface area contributed by atoms with Gasteiger partial charge in [-0.25, -0.2) is 12.7 Å². The van der Waals surface area contributed by atoms with Crippen LogP contribution in [0.2, 0.25) is 0 Å². The lowest BCUT2D eigenvalue weighted by Gasteiger charge is -2.33. The van der Waals surface area contributed by atoms with Gasteiger partial charge in [0.15, 0.2) is 4.90 Å². The molecular weight excluding hydrogens is 328 g/mol. The minimum Gasteiger partial charge on any atom is -0.271 e. The number of hydrogen-bond acceptors (Lipinski definition) is 5. The van der Waals surface area contributed by atoms with Crippen LogP contribution < -0.4 is 0 Å². The molecule has 1 fully saturated rings. The first-order valence-electron chi connectivity index (χ1n) is 5.60. The third kappa shape index (κ3) is 1.68. The molecule has 4 nitrogen and oxygen atoms in total. The van der Waals surface area contributed by atoms with Crippen LogP contribution in [0.25, 0.3) is 0 Å². The number of nitrogens with zero attached hydrogens (tertiary/aromatic N) is 1. The van der Waals surface area contributed by atoms with E-state index in [-0.39, 0.29) is 6.54 Å². The van der Waals surface area contributed by atoms with E-state index in [1.807, 2.05) is 0 Å². The second kappa shape index (κ2) is 5.45. The summed E-state index contributed by atoms with van der Waals surface area (Å²) in [6.45, 7) is 5.36. The fourth-order valence-corrected chi connectivity index (χ4v) is 10.5. The summed E-state index contributed by atoms with van der Waals surface area (Å²) in [4.78, 5) is 11.3. The van der Waals surface area contributed by atoms with Crippen molar-refractivity contribution >= 4 is 54.3 Å². The van der Waals surface area contributed by atoms with Crippen LogP contribution in [0.4, 0.5) is 0 Å². The molecule has 0 saturated carbocycles. The van der Waals surface area contributed by atoms with Gasteiger partial charge in [-0.2, -0.15) is 0 Å². The van der Waals surface area contributed by atoms with Gasteiger partial charge < -0.3 is 0 Å². The Labute approximate surface area is 121 Å². The van der Waals surface area contributed by atoms with Crippen molar-refractivity contribution in [1.29, 1.82) is 0 Å². The van der Waals surface area contributed by atoms with Gasteiger partial charge in [-0.1, -0.05) is 37.5 Å². The maximum Gasteiger partial charge on any atom is 0.262 e. The highest BCUT2D eigenvalue weighted by molar-refractivity contribution is 8.08. The van der Waals surface area contributed by atoms with Gasteiger partial charge in [0.2, 0.25) is 10.0 Å². The van der Waals surface area contributed by atoms with Crippen LogP contribution in [-0.4, -0.2) is 34.8 Å². The smallest absolute Gasteiger partial charge is 0.262 e. The van der Waals surface area contributed by atoms with Crippen molar-refractivity contribution in [3.05, 3.63) is 0 Å². The molecule has 0 aromatic carbocycles. The van der Waals surface area contributed by atoms with Crippen molar-refractivity contribution in [1.82, 2.24) is 4.31 Å². The van der Waals surface area contributed by atoms with E-state index in [0.717, 1.165) is 4.31 Å². The number of carbonyl (C=O) groups excluding carboxylic acids is 1. The zero-order valence-corrected chi connectivity index (χ0v) is 14.7. The Bertz CT molecular complexity index is 479. The van der Waals surface area contributed by atoms with Gasteiger partial charge in [0.25, 0.3) is 5.91 Å². The van der Waals surface area contributed by atoms with Gasteiger partial charge in [0.1, 0.15) is 4.75 Å². The molecule has 0 bridgehead atoms. The van der Waals surface area contributed by atoms with E-state index in [2.05, 4.69) is 0 Å². The molecule has 0 unspecified atom stereocenters. The molecule has 0 N–H and O–H groups in total. The van der Waals surface area contributed by atoms with Crippen molar-refractivity contribution in [2.24, 2.45) is 0 Å². The van der Waals surface area contributed by atoms with Crippen molar-refractivity contribution in [2.45, 2.75) is 43.3 Å². The minimum absolute atomic E-state index is 0.139. The highest BCUT2D eigenvalue weighted by atomic mass is 32.4. The minimum atomic E-state index is -3.68. The molecule has 0 aliphatic carbocycles. The Balaban J connectivity index is 3.76. The molecule has 18 heavy (non-hydrogen) atoms. The lowest BCUT2D eigenvalue weighted by Crippen LogP contribution is -2.48. The number of sulfonamides is 1. The summed E-state index contributed by atoms with van der Waals surface area (Å²) in [7, 11) is -3.04. The van der Waals surface area contributed by atoms with Crippen LogP contribution in [0.3, 0.4) is 0 Å². The Morgan fingerprint density at radius 2 is 1.61 bits per heavy atom. The second-order valence-electron chi connectivity index (χ2n) is 4.03. The predicted molar refractivity (Wildman–Crippen MR) is 80.9 cm³/mol. The number of hydrogen-bond donors (Lipinski definition) is 0. The predicted octanol–water partition coefficient (Wildman–Crippen LogP) is 2.25. The van der Waals surface area contributed by atoms with E-state index in [4.69, 9.17) is 23.6 Å². The van der Waals surface area contributed by atoms with Crippen LogP contribution in [0.15, 0.2) is 0 Å². The molecule has 1 heterocycles. The molecule has 1 aliphatic rings. The standard InChI is InChI=1S/C9H15NO3P2S3/c1-4-8(5-2)9(14-16,15-17)7(11)10(6-3)18(8,12)13/h4-6H2,1-3H3. The summed E-state index contributed by atoms with van der Waals surface area (Å²) in [5, 5.41) is 0. The van der Waals surface area contributed by atoms with Gasteiger partial charge in [-0.05, 0) is 19.8 Å². The van der Waals surface area contributed by atoms with Crippen LogP contribution in [-0.2, 0) is 38.4 Å². The first-order valence-corrected chi connectivity index (χ1v) is 10.9. The fourth-order valence-electron chi connectivity index (χ4n) is 2.55. The summed E-state index contributed by atoms with van der Waals surface area (Å²) in [6, 6.07) is 0. The van der Waals surface area contributed by atoms with Crippen LogP contribution >= 0.6 is 14.7 Å². The molecule has 0 radical (unpaired) electrons. The lowest BCUT2D eigenvalue weighted by molar-refractivity contribution is -0.125. The van der Waals surface area contributed by atoms with E-state index in [1.54, 1.807) is 20.8 Å². The SMILES string of the molecule is CCN1C(=O)C(P=S)(P=S)C(CC)(CC)S1(=O)=O. The van der Waals surface area contributed by atoms with Crippen LogP contribution in [0.5, 0.6) is 0 Å². The molecule has 0 aromatic heterocycles. The summed E-state index contributed by atoms with van der Waals surface area (Å²) in [5.41, 5.74) is 0. The third-order valence-electron chi connectivity index (χ3n) is 3.64. The zero-order valence-electron chi connectivity index (χ0n) is 10.4. The number of amides is 1. The van der Waals surface area contributed by atoms with Gasteiger partial charge in [-0.15, -0.1) is 0 Å². The normalized spacial score (nSPS) is 30.2. The summed E-state index contributed by atoms with van der Waals surface area (Å²) >= 11 is 10.1. The van der Waals surface area contributed by atoms with E-state index in [9.17, 15) is 13.2 Å². The average molecular weight is 343 g/mol. The summed E-state index contributed by atoms with van der Waals surface area (Å²) < 4.78 is 25.1. The molecule has 102 valence electrons. The zero-order chi connectivity index (χ0) is 14.2. The van der Waals surface area contributed by atoms with Gasteiger partial charge >= 0.3 is 0 Å². The molecule has 0 aromatic rings. The van der Waals surface area contributed by atoms with E-state index in [0.29, 0.717) is 27.6 Å². The largest absolute Gasteiger partial charge is 0.271 e. The Morgan fingerprint density at radius 1 is 1.17 bits per heavy atom. The summed E-state index contributed by atoms with van der Waals surface area (Å²) in [5.74, 6) is -0.429. The molecular formula is C9H15NO3P2S3. The third-order valence-corrected chi connectivity index (χ3v) is 11.6. The highest BCUT2D eigenvalue weighted by Crippen LogP contribution is 2.58. The monoisotopic (exact) mass is 343 g/mol. The van der Waals surface area contributed by atoms with Crippen molar-refractivity contribution in [3.8, 4) is 0 Å². The van der Waals surface area contributed by atoms with Gasteiger partial charge in [0.05, 0.1) is 0 Å². The molecule has 0 atom stereocenters. The van der Waals surface area contributed by atoms with E-state index >= 15 is 0 Å².